The highest BCUT2D eigenvalue weighted by atomic mass is 35.5. The maximum atomic E-state index is 13.3. The fourth-order valence-electron chi connectivity index (χ4n) is 4.45. The maximum Gasteiger partial charge on any atom is 0.303 e. The molecule has 7 nitrogen and oxygen atoms in total. The number of carbonyl (C=O) groups excluding carboxylic acids is 1. The summed E-state index contributed by atoms with van der Waals surface area (Å²) in [6.45, 7) is 5.18. The number of nitrogens with zero attached hydrogens (tertiary/aromatic N) is 3. The molecule has 1 amide bonds. The quantitative estimate of drug-likeness (QED) is 0.529. The van der Waals surface area contributed by atoms with Gasteiger partial charge in [0.25, 0.3) is 5.91 Å². The zero-order valence-corrected chi connectivity index (χ0v) is 20.0. The summed E-state index contributed by atoms with van der Waals surface area (Å²) >= 11 is 6.56. The molecule has 1 aromatic heterocycles. The number of carboxylic acids is 1. The number of carboxylic acid groups (broad SMARTS) is 1. The second-order valence-corrected chi connectivity index (χ2v) is 9.17. The van der Waals surface area contributed by atoms with Crippen molar-refractivity contribution in [2.75, 3.05) is 26.2 Å². The Morgan fingerprint density at radius 2 is 2.00 bits per heavy atom. The number of fused-ring (bicyclic) bond motifs is 1. The predicted molar refractivity (Wildman–Crippen MR) is 134 cm³/mol. The third kappa shape index (κ3) is 5.38. The lowest BCUT2D eigenvalue weighted by molar-refractivity contribution is -0.137. The Balaban J connectivity index is 1.53. The van der Waals surface area contributed by atoms with E-state index in [1.165, 1.54) is 0 Å². The van der Waals surface area contributed by atoms with Gasteiger partial charge in [-0.25, -0.2) is 4.98 Å². The molecule has 2 heterocycles. The second-order valence-electron chi connectivity index (χ2n) is 8.76. The van der Waals surface area contributed by atoms with Crippen LogP contribution >= 0.6 is 11.6 Å². The first-order valence-electron chi connectivity index (χ1n) is 11.5. The Labute approximate surface area is 204 Å². The van der Waals surface area contributed by atoms with Gasteiger partial charge in [0.05, 0.1) is 16.2 Å². The number of piperazine rings is 1. The van der Waals surface area contributed by atoms with Gasteiger partial charge in [-0.05, 0) is 49.7 Å². The number of aliphatic carboxylic acids is 1. The number of hydrogen-bond donors (Lipinski definition) is 2. The number of amides is 1. The monoisotopic (exact) mass is 480 g/mol. The van der Waals surface area contributed by atoms with E-state index in [4.69, 9.17) is 27.4 Å². The Kier molecular flexibility index (Phi) is 7.46. The van der Waals surface area contributed by atoms with Crippen LogP contribution in [-0.4, -0.2) is 64.0 Å². The average molecular weight is 481 g/mol. The summed E-state index contributed by atoms with van der Waals surface area (Å²) in [6, 6.07) is 15.3. The van der Waals surface area contributed by atoms with Crippen LogP contribution in [0, 0.1) is 0 Å². The van der Waals surface area contributed by atoms with Crippen molar-refractivity contribution in [3.8, 4) is 11.3 Å². The molecule has 0 bridgehead atoms. The Bertz CT molecular complexity index is 1220. The van der Waals surface area contributed by atoms with Gasteiger partial charge in [0.2, 0.25) is 0 Å². The molecule has 3 N–H and O–H groups in total. The van der Waals surface area contributed by atoms with Gasteiger partial charge in [0, 0.05) is 55.2 Å². The summed E-state index contributed by atoms with van der Waals surface area (Å²) in [5, 5.41) is 10.2. The molecule has 0 radical (unpaired) electrons. The first-order chi connectivity index (χ1) is 16.4. The van der Waals surface area contributed by atoms with Crippen LogP contribution in [0.4, 0.5) is 0 Å². The molecule has 3 aromatic rings. The first-order valence-corrected chi connectivity index (χ1v) is 11.9. The van der Waals surface area contributed by atoms with Crippen LogP contribution in [0.3, 0.4) is 0 Å². The van der Waals surface area contributed by atoms with Crippen LogP contribution in [0.15, 0.2) is 48.5 Å². The first kappa shape index (κ1) is 24.1. The van der Waals surface area contributed by atoms with Gasteiger partial charge in [-0.3, -0.25) is 14.5 Å². The van der Waals surface area contributed by atoms with E-state index in [0.29, 0.717) is 42.2 Å². The highest BCUT2D eigenvalue weighted by molar-refractivity contribution is 6.35. The molecule has 0 aliphatic carbocycles. The van der Waals surface area contributed by atoms with Gasteiger partial charge in [-0.2, -0.15) is 0 Å². The molecule has 1 aliphatic rings. The maximum absolute atomic E-state index is 13.3. The number of halogens is 1. The molecule has 1 aliphatic heterocycles. The molecular weight excluding hydrogens is 452 g/mol. The molecule has 34 heavy (non-hydrogen) atoms. The minimum absolute atomic E-state index is 0.0348. The van der Waals surface area contributed by atoms with Gasteiger partial charge in [0.15, 0.2) is 0 Å². The van der Waals surface area contributed by atoms with E-state index in [9.17, 15) is 9.59 Å². The number of pyridine rings is 1. The fourth-order valence-corrected chi connectivity index (χ4v) is 4.72. The largest absolute Gasteiger partial charge is 0.481 e. The van der Waals surface area contributed by atoms with Crippen molar-refractivity contribution in [3.63, 3.8) is 0 Å². The summed E-state index contributed by atoms with van der Waals surface area (Å²) in [5.41, 5.74) is 9.71. The third-order valence-electron chi connectivity index (χ3n) is 6.35. The van der Waals surface area contributed by atoms with Gasteiger partial charge in [-0.15, -0.1) is 0 Å². The molecule has 178 valence electrons. The topological polar surface area (TPSA) is 99.8 Å². The van der Waals surface area contributed by atoms with E-state index in [0.717, 1.165) is 35.3 Å². The van der Waals surface area contributed by atoms with Crippen molar-refractivity contribution in [1.82, 2.24) is 14.8 Å². The van der Waals surface area contributed by atoms with E-state index in [1.807, 2.05) is 47.4 Å². The Hall–Kier alpha value is -3.00. The minimum Gasteiger partial charge on any atom is -0.481 e. The van der Waals surface area contributed by atoms with Crippen LogP contribution in [0.2, 0.25) is 5.02 Å². The summed E-state index contributed by atoms with van der Waals surface area (Å²) in [7, 11) is 0. The zero-order chi connectivity index (χ0) is 24.2. The van der Waals surface area contributed by atoms with Crippen molar-refractivity contribution in [3.05, 3.63) is 64.7 Å². The molecule has 0 unspecified atom stereocenters. The van der Waals surface area contributed by atoms with Gasteiger partial charge in [0.1, 0.15) is 0 Å². The molecule has 0 spiro atoms. The fraction of sp³-hybridized carbons (Fsp3) is 0.346. The second kappa shape index (κ2) is 10.5. The van der Waals surface area contributed by atoms with E-state index in [1.54, 1.807) is 6.07 Å². The van der Waals surface area contributed by atoms with Crippen molar-refractivity contribution < 1.29 is 14.7 Å². The lowest BCUT2D eigenvalue weighted by atomic mass is 10.0. The molecule has 8 heteroatoms. The average Bonchev–Trinajstić information content (AvgIpc) is 2.84. The van der Waals surface area contributed by atoms with E-state index in [2.05, 4.69) is 11.8 Å². The Morgan fingerprint density at radius 3 is 2.74 bits per heavy atom. The predicted octanol–water partition coefficient (Wildman–Crippen LogP) is 4.03. The third-order valence-corrected chi connectivity index (χ3v) is 6.67. The molecule has 1 atom stereocenters. The normalized spacial score (nSPS) is 16.7. The molecule has 4 rings (SSSR count). The van der Waals surface area contributed by atoms with Crippen molar-refractivity contribution in [1.29, 1.82) is 0 Å². The van der Waals surface area contributed by atoms with Gasteiger partial charge in [-0.1, -0.05) is 35.9 Å². The molecule has 0 saturated carbocycles. The zero-order valence-electron chi connectivity index (χ0n) is 19.2. The smallest absolute Gasteiger partial charge is 0.303 e. The molecular formula is C26H29ClN4O3. The summed E-state index contributed by atoms with van der Waals surface area (Å²) in [4.78, 5) is 32.9. The number of nitrogens with two attached hydrogens (primary N) is 1. The number of rotatable bonds is 7. The number of benzene rings is 2. The van der Waals surface area contributed by atoms with Crippen molar-refractivity contribution in [2.45, 2.75) is 32.4 Å². The summed E-state index contributed by atoms with van der Waals surface area (Å²) in [5.74, 6) is -0.811. The van der Waals surface area contributed by atoms with Crippen LogP contribution < -0.4 is 5.73 Å². The standard InChI is InChI=1S/C26H29ClN4O3/c1-17-16-31(11-10-30(17)9-3-6-25(32)33)26(34)20-7-8-21-22(27)14-23(29-24(21)13-20)19-5-2-4-18(12-19)15-28/h2,4-5,7-8,12-14,17H,3,6,9-11,15-16,28H2,1H3,(H,32,33)/t17-/m0/s1. The molecule has 1 fully saturated rings. The lowest BCUT2D eigenvalue weighted by Crippen LogP contribution is -2.53. The highest BCUT2D eigenvalue weighted by Crippen LogP contribution is 2.29. The SMILES string of the molecule is C[C@H]1CN(C(=O)c2ccc3c(Cl)cc(-c4cccc(CN)c4)nc3c2)CCN1CCCC(=O)O. The van der Waals surface area contributed by atoms with E-state index >= 15 is 0 Å². The number of hydrogen-bond acceptors (Lipinski definition) is 5. The minimum atomic E-state index is -0.776. The number of carbonyl (C=O) groups is 2. The van der Waals surface area contributed by atoms with Crippen molar-refractivity contribution >= 4 is 34.4 Å². The van der Waals surface area contributed by atoms with Gasteiger partial charge < -0.3 is 15.7 Å². The van der Waals surface area contributed by atoms with Crippen LogP contribution in [0.1, 0.15) is 35.7 Å². The Morgan fingerprint density at radius 1 is 1.18 bits per heavy atom. The van der Waals surface area contributed by atoms with E-state index < -0.39 is 5.97 Å². The summed E-state index contributed by atoms with van der Waals surface area (Å²) < 4.78 is 0. The summed E-state index contributed by atoms with van der Waals surface area (Å²) in [6.07, 6.45) is 0.776. The van der Waals surface area contributed by atoms with Crippen LogP contribution in [0.5, 0.6) is 0 Å². The molecule has 2 aromatic carbocycles. The van der Waals surface area contributed by atoms with Crippen LogP contribution in [0.25, 0.3) is 22.2 Å². The lowest BCUT2D eigenvalue weighted by Gasteiger charge is -2.40. The molecule has 1 saturated heterocycles. The van der Waals surface area contributed by atoms with E-state index in [-0.39, 0.29) is 18.4 Å². The highest BCUT2D eigenvalue weighted by Gasteiger charge is 2.27. The van der Waals surface area contributed by atoms with Gasteiger partial charge >= 0.3 is 5.97 Å². The van der Waals surface area contributed by atoms with Crippen LogP contribution in [-0.2, 0) is 11.3 Å². The van der Waals surface area contributed by atoms with Crippen molar-refractivity contribution in [2.24, 2.45) is 5.73 Å². The number of aromatic nitrogens is 1.